The van der Waals surface area contributed by atoms with Gasteiger partial charge in [-0.2, -0.15) is 5.26 Å². The zero-order valence-electron chi connectivity index (χ0n) is 18.4. The lowest BCUT2D eigenvalue weighted by Crippen LogP contribution is -2.31. The number of para-hydroxylation sites is 2. The Hall–Kier alpha value is -2.72. The number of nitrogens with zero attached hydrogens (tertiary/aromatic N) is 4. The lowest BCUT2D eigenvalue weighted by Gasteiger charge is -2.27. The zero-order valence-corrected chi connectivity index (χ0v) is 18.4. The van der Waals surface area contributed by atoms with Crippen LogP contribution < -0.4 is 4.90 Å². The first kappa shape index (κ1) is 23.6. The molecule has 7 nitrogen and oxygen atoms in total. The Balaban J connectivity index is 2.52. The summed E-state index contributed by atoms with van der Waals surface area (Å²) in [6.45, 7) is 7.86. The van der Waals surface area contributed by atoms with Crippen LogP contribution in [0.2, 0.25) is 0 Å². The second kappa shape index (κ2) is 12.1. The van der Waals surface area contributed by atoms with E-state index in [2.05, 4.69) is 24.8 Å². The number of nitriles is 1. The van der Waals surface area contributed by atoms with Crippen LogP contribution in [0.25, 0.3) is 11.0 Å². The summed E-state index contributed by atoms with van der Waals surface area (Å²) >= 11 is 0. The highest BCUT2D eigenvalue weighted by molar-refractivity contribution is 5.85. The summed E-state index contributed by atoms with van der Waals surface area (Å²) in [6, 6.07) is 9.60. The van der Waals surface area contributed by atoms with Crippen LogP contribution in [-0.2, 0) is 14.3 Å². The molecule has 0 fully saturated rings. The molecule has 0 aliphatic heterocycles. The predicted molar refractivity (Wildman–Crippen MR) is 117 cm³/mol. The number of anilines is 1. The van der Waals surface area contributed by atoms with Crippen molar-refractivity contribution in [2.45, 2.75) is 58.5 Å². The molecule has 0 amide bonds. The number of carbonyl (C=O) groups is 1. The number of rotatable bonds is 12. The van der Waals surface area contributed by atoms with Crippen LogP contribution in [0.3, 0.4) is 0 Å². The van der Waals surface area contributed by atoms with E-state index in [1.807, 2.05) is 24.3 Å². The molecule has 0 unspecified atom stereocenters. The van der Waals surface area contributed by atoms with Gasteiger partial charge in [-0.15, -0.1) is 0 Å². The van der Waals surface area contributed by atoms with Crippen molar-refractivity contribution < 1.29 is 14.3 Å². The molecule has 0 saturated heterocycles. The smallest absolute Gasteiger partial charge is 0.330 e. The number of ether oxygens (including phenoxy) is 2. The Kier molecular flexibility index (Phi) is 9.49. The molecule has 1 heterocycles. The summed E-state index contributed by atoms with van der Waals surface area (Å²) in [7, 11) is 1.54. The molecule has 0 aliphatic carbocycles. The molecule has 1 aromatic carbocycles. The molecule has 7 heteroatoms. The molecule has 0 bridgehead atoms. The van der Waals surface area contributed by atoms with E-state index in [1.165, 1.54) is 0 Å². The number of aromatic nitrogens is 2. The molecule has 2 rings (SSSR count). The van der Waals surface area contributed by atoms with Crippen molar-refractivity contribution in [3.63, 3.8) is 0 Å². The number of methoxy groups -OCH3 is 1. The summed E-state index contributed by atoms with van der Waals surface area (Å²) < 4.78 is 10.5. The van der Waals surface area contributed by atoms with E-state index in [0.29, 0.717) is 17.0 Å². The Morgan fingerprint density at radius 1 is 1.13 bits per heavy atom. The average Bonchev–Trinajstić information content (AvgIpc) is 2.74. The first-order valence-corrected chi connectivity index (χ1v) is 10.7. The number of benzene rings is 1. The van der Waals surface area contributed by atoms with E-state index in [-0.39, 0.29) is 6.61 Å². The van der Waals surface area contributed by atoms with Gasteiger partial charge in [0, 0.05) is 20.2 Å². The highest BCUT2D eigenvalue weighted by atomic mass is 16.6. The number of fused-ring (bicyclic) bond motifs is 1. The van der Waals surface area contributed by atoms with Crippen molar-refractivity contribution in [1.82, 2.24) is 9.97 Å². The van der Waals surface area contributed by atoms with Crippen LogP contribution in [0.15, 0.2) is 24.3 Å². The third kappa shape index (κ3) is 6.14. The third-order valence-corrected chi connectivity index (χ3v) is 4.80. The number of esters is 1. The van der Waals surface area contributed by atoms with Crippen LogP contribution in [0.4, 0.5) is 5.82 Å². The summed E-state index contributed by atoms with van der Waals surface area (Å²) in [5, 5.41) is 9.85. The molecule has 1 aromatic heterocycles. The molecular weight excluding hydrogens is 380 g/mol. The molecule has 0 radical (unpaired) electrons. The van der Waals surface area contributed by atoms with E-state index >= 15 is 0 Å². The summed E-state index contributed by atoms with van der Waals surface area (Å²) in [5.74, 6) is -1.18. The molecule has 2 atom stereocenters. The van der Waals surface area contributed by atoms with Gasteiger partial charge in [-0.3, -0.25) is 4.79 Å². The van der Waals surface area contributed by atoms with Gasteiger partial charge in [0.05, 0.1) is 23.7 Å². The van der Waals surface area contributed by atoms with Gasteiger partial charge in [0.25, 0.3) is 0 Å². The number of hydrogen-bond donors (Lipinski definition) is 0. The maximum atomic E-state index is 12.8. The standard InChI is InChI=1S/C23H32N4O3/c1-5-7-13-27(14-8-6-2)22-21(25-19-11-9-10-12-20(19)26-22)18(15-24)23(28)30-17(3)16-29-4/h9-12,17-18H,5-8,13-14,16H2,1-4H3/t17-,18-/m0/s1. The Morgan fingerprint density at radius 3 is 2.27 bits per heavy atom. The second-order valence-electron chi connectivity index (χ2n) is 7.38. The average molecular weight is 413 g/mol. The van der Waals surface area contributed by atoms with Crippen molar-refractivity contribution in [1.29, 1.82) is 5.26 Å². The Labute approximate surface area is 179 Å². The lowest BCUT2D eigenvalue weighted by atomic mass is 10.1. The van der Waals surface area contributed by atoms with Crippen molar-refractivity contribution >= 4 is 22.8 Å². The van der Waals surface area contributed by atoms with Crippen LogP contribution in [0.1, 0.15) is 58.1 Å². The number of hydrogen-bond acceptors (Lipinski definition) is 7. The molecule has 0 spiro atoms. The fraction of sp³-hybridized carbons (Fsp3) is 0.565. The monoisotopic (exact) mass is 412 g/mol. The Bertz CT molecular complexity index is 857. The van der Waals surface area contributed by atoms with Crippen molar-refractivity contribution in [3.05, 3.63) is 30.0 Å². The normalized spacial score (nSPS) is 12.9. The van der Waals surface area contributed by atoms with Crippen LogP contribution in [0.5, 0.6) is 0 Å². The number of carbonyl (C=O) groups excluding carboxylic acids is 1. The topological polar surface area (TPSA) is 88.3 Å². The first-order valence-electron chi connectivity index (χ1n) is 10.7. The SMILES string of the molecule is CCCCN(CCCC)c1nc2ccccc2nc1[C@H](C#N)C(=O)O[C@@H](C)COC. The fourth-order valence-corrected chi connectivity index (χ4v) is 3.21. The minimum absolute atomic E-state index is 0.263. The largest absolute Gasteiger partial charge is 0.459 e. The molecule has 30 heavy (non-hydrogen) atoms. The van der Waals surface area contributed by atoms with Gasteiger partial charge < -0.3 is 14.4 Å². The van der Waals surface area contributed by atoms with Gasteiger partial charge in [-0.1, -0.05) is 38.8 Å². The summed E-state index contributed by atoms with van der Waals surface area (Å²) in [5.41, 5.74) is 1.75. The maximum Gasteiger partial charge on any atom is 0.330 e. The summed E-state index contributed by atoms with van der Waals surface area (Å²) in [6.07, 6.45) is 3.61. The van der Waals surface area contributed by atoms with Crippen LogP contribution >= 0.6 is 0 Å². The van der Waals surface area contributed by atoms with Gasteiger partial charge in [-0.05, 0) is 31.9 Å². The Morgan fingerprint density at radius 2 is 1.73 bits per heavy atom. The third-order valence-electron chi connectivity index (χ3n) is 4.80. The lowest BCUT2D eigenvalue weighted by molar-refractivity contribution is -0.150. The first-order chi connectivity index (χ1) is 14.5. The highest BCUT2D eigenvalue weighted by Crippen LogP contribution is 2.29. The van der Waals surface area contributed by atoms with E-state index in [1.54, 1.807) is 14.0 Å². The van der Waals surface area contributed by atoms with E-state index < -0.39 is 18.0 Å². The second-order valence-corrected chi connectivity index (χ2v) is 7.38. The molecule has 162 valence electrons. The van der Waals surface area contributed by atoms with Gasteiger partial charge in [0.15, 0.2) is 11.7 Å². The van der Waals surface area contributed by atoms with Crippen molar-refractivity contribution in [2.75, 3.05) is 31.7 Å². The van der Waals surface area contributed by atoms with Gasteiger partial charge in [0.1, 0.15) is 11.8 Å². The van der Waals surface area contributed by atoms with Crippen LogP contribution in [0, 0.1) is 11.3 Å². The highest BCUT2D eigenvalue weighted by Gasteiger charge is 2.31. The zero-order chi connectivity index (χ0) is 21.9. The van der Waals surface area contributed by atoms with Crippen molar-refractivity contribution in [2.24, 2.45) is 0 Å². The van der Waals surface area contributed by atoms with Gasteiger partial charge in [-0.25, -0.2) is 9.97 Å². The van der Waals surface area contributed by atoms with Gasteiger partial charge >= 0.3 is 5.97 Å². The van der Waals surface area contributed by atoms with E-state index in [9.17, 15) is 10.1 Å². The van der Waals surface area contributed by atoms with Gasteiger partial charge in [0.2, 0.25) is 0 Å². The predicted octanol–water partition coefficient (Wildman–Crippen LogP) is 4.22. The van der Waals surface area contributed by atoms with Crippen LogP contribution in [-0.4, -0.2) is 48.8 Å². The van der Waals surface area contributed by atoms with E-state index in [0.717, 1.165) is 44.3 Å². The summed E-state index contributed by atoms with van der Waals surface area (Å²) in [4.78, 5) is 24.5. The fourth-order valence-electron chi connectivity index (χ4n) is 3.21. The molecule has 0 N–H and O–H groups in total. The van der Waals surface area contributed by atoms with E-state index in [4.69, 9.17) is 19.4 Å². The molecule has 2 aromatic rings. The molecule has 0 saturated carbocycles. The minimum atomic E-state index is -1.15. The van der Waals surface area contributed by atoms with Crippen molar-refractivity contribution in [3.8, 4) is 6.07 Å². The minimum Gasteiger partial charge on any atom is -0.459 e. The number of unbranched alkanes of at least 4 members (excludes halogenated alkanes) is 2. The molecule has 0 aliphatic rings. The maximum absolute atomic E-state index is 12.8. The quantitative estimate of drug-likeness (QED) is 0.482. The molecular formula is C23H32N4O3.